The normalized spacial score (nSPS) is 10.1. The van der Waals surface area contributed by atoms with E-state index in [0.717, 1.165) is 0 Å². The number of hydrogen-bond acceptors (Lipinski definition) is 3. The standard InChI is InChI=1S/C11H11N3O2/c1-14(9-2-4-10(15)5-3-9)11(16)8-6-12-13-7-8/h2-7,15H,1H3,(H,12,13). The molecule has 0 bridgehead atoms. The number of hydrogen-bond donors (Lipinski definition) is 2. The van der Waals surface area contributed by atoms with Crippen molar-refractivity contribution in [1.82, 2.24) is 10.2 Å². The van der Waals surface area contributed by atoms with E-state index in [1.807, 2.05) is 0 Å². The molecule has 0 atom stereocenters. The van der Waals surface area contributed by atoms with Crippen LogP contribution >= 0.6 is 0 Å². The van der Waals surface area contributed by atoms with Gasteiger partial charge in [-0.15, -0.1) is 0 Å². The fourth-order valence-electron chi connectivity index (χ4n) is 1.35. The predicted molar refractivity (Wildman–Crippen MR) is 59.4 cm³/mol. The van der Waals surface area contributed by atoms with Crippen LogP contribution in [0.2, 0.25) is 0 Å². The summed E-state index contributed by atoms with van der Waals surface area (Å²) in [5.41, 5.74) is 1.21. The minimum absolute atomic E-state index is 0.153. The molecular weight excluding hydrogens is 206 g/mol. The van der Waals surface area contributed by atoms with Gasteiger partial charge in [-0.25, -0.2) is 0 Å². The van der Waals surface area contributed by atoms with Crippen molar-refractivity contribution in [3.63, 3.8) is 0 Å². The molecule has 1 amide bonds. The molecule has 0 saturated heterocycles. The third-order valence-corrected chi connectivity index (χ3v) is 2.29. The van der Waals surface area contributed by atoms with E-state index in [9.17, 15) is 4.79 Å². The summed E-state index contributed by atoms with van der Waals surface area (Å²) in [5, 5.41) is 15.5. The monoisotopic (exact) mass is 217 g/mol. The lowest BCUT2D eigenvalue weighted by atomic mass is 10.2. The lowest BCUT2D eigenvalue weighted by molar-refractivity contribution is 0.0993. The molecule has 2 rings (SSSR count). The van der Waals surface area contributed by atoms with Gasteiger partial charge in [-0.3, -0.25) is 9.89 Å². The van der Waals surface area contributed by atoms with E-state index in [1.165, 1.54) is 23.2 Å². The molecule has 0 spiro atoms. The summed E-state index contributed by atoms with van der Waals surface area (Å²) in [7, 11) is 1.67. The Morgan fingerprint density at radius 1 is 1.38 bits per heavy atom. The number of aromatic nitrogens is 2. The zero-order chi connectivity index (χ0) is 11.5. The molecule has 0 saturated carbocycles. The van der Waals surface area contributed by atoms with E-state index < -0.39 is 0 Å². The molecule has 0 aliphatic rings. The third kappa shape index (κ3) is 1.88. The number of carbonyl (C=O) groups is 1. The summed E-state index contributed by atoms with van der Waals surface area (Å²) in [6.45, 7) is 0. The van der Waals surface area contributed by atoms with Gasteiger partial charge in [0.1, 0.15) is 5.75 Å². The maximum absolute atomic E-state index is 11.9. The van der Waals surface area contributed by atoms with Crippen LogP contribution in [0.3, 0.4) is 0 Å². The molecule has 0 radical (unpaired) electrons. The molecular formula is C11H11N3O2. The molecule has 16 heavy (non-hydrogen) atoms. The molecule has 5 nitrogen and oxygen atoms in total. The summed E-state index contributed by atoms with van der Waals surface area (Å²) in [4.78, 5) is 13.4. The Morgan fingerprint density at radius 3 is 2.62 bits per heavy atom. The van der Waals surface area contributed by atoms with Crippen LogP contribution in [0.4, 0.5) is 5.69 Å². The second-order valence-corrected chi connectivity index (χ2v) is 3.37. The number of carbonyl (C=O) groups excluding carboxylic acids is 1. The number of amides is 1. The quantitative estimate of drug-likeness (QED) is 0.798. The van der Waals surface area contributed by atoms with E-state index in [-0.39, 0.29) is 11.7 Å². The highest BCUT2D eigenvalue weighted by atomic mass is 16.3. The van der Waals surface area contributed by atoms with Crippen LogP contribution in [0.5, 0.6) is 5.75 Å². The average molecular weight is 217 g/mol. The van der Waals surface area contributed by atoms with Crippen LogP contribution in [0, 0.1) is 0 Å². The highest BCUT2D eigenvalue weighted by molar-refractivity contribution is 6.05. The van der Waals surface area contributed by atoms with Crippen molar-refractivity contribution in [2.24, 2.45) is 0 Å². The summed E-state index contributed by atoms with van der Waals surface area (Å²) in [6, 6.07) is 6.42. The zero-order valence-corrected chi connectivity index (χ0v) is 8.71. The first kappa shape index (κ1) is 10.2. The Kier molecular flexibility index (Phi) is 2.59. The van der Waals surface area contributed by atoms with Gasteiger partial charge in [-0.05, 0) is 24.3 Å². The number of anilines is 1. The second kappa shape index (κ2) is 4.06. The Hall–Kier alpha value is -2.30. The first-order chi connectivity index (χ1) is 7.68. The Morgan fingerprint density at radius 2 is 2.06 bits per heavy atom. The lowest BCUT2D eigenvalue weighted by Gasteiger charge is -2.16. The molecule has 82 valence electrons. The van der Waals surface area contributed by atoms with E-state index in [4.69, 9.17) is 5.11 Å². The highest BCUT2D eigenvalue weighted by Crippen LogP contribution is 2.18. The van der Waals surface area contributed by atoms with Gasteiger partial charge >= 0.3 is 0 Å². The van der Waals surface area contributed by atoms with Crippen LogP contribution < -0.4 is 4.90 Å². The van der Waals surface area contributed by atoms with Crippen LogP contribution in [-0.2, 0) is 0 Å². The number of benzene rings is 1. The van der Waals surface area contributed by atoms with Gasteiger partial charge in [-0.1, -0.05) is 0 Å². The van der Waals surface area contributed by atoms with Crippen molar-refractivity contribution in [3.05, 3.63) is 42.2 Å². The largest absolute Gasteiger partial charge is 0.508 e. The Labute approximate surface area is 92.3 Å². The first-order valence-electron chi connectivity index (χ1n) is 4.74. The van der Waals surface area contributed by atoms with Crippen LogP contribution in [0.25, 0.3) is 0 Å². The maximum atomic E-state index is 11.9. The molecule has 0 aliphatic heterocycles. The highest BCUT2D eigenvalue weighted by Gasteiger charge is 2.13. The summed E-state index contributed by atoms with van der Waals surface area (Å²) < 4.78 is 0. The van der Waals surface area contributed by atoms with Gasteiger partial charge in [0.05, 0.1) is 11.8 Å². The van der Waals surface area contributed by atoms with Gasteiger partial charge < -0.3 is 10.0 Å². The van der Waals surface area contributed by atoms with Gasteiger partial charge in [0.15, 0.2) is 0 Å². The zero-order valence-electron chi connectivity index (χ0n) is 8.71. The summed E-state index contributed by atoms with van der Waals surface area (Å²) in [5.74, 6) is 0.0207. The Bertz CT molecular complexity index is 476. The fourth-order valence-corrected chi connectivity index (χ4v) is 1.35. The minimum Gasteiger partial charge on any atom is -0.508 e. The number of nitrogens with zero attached hydrogens (tertiary/aromatic N) is 2. The van der Waals surface area contributed by atoms with Gasteiger partial charge in [0.2, 0.25) is 0 Å². The molecule has 2 aromatic rings. The van der Waals surface area contributed by atoms with E-state index in [1.54, 1.807) is 25.4 Å². The topological polar surface area (TPSA) is 69.2 Å². The molecule has 2 N–H and O–H groups in total. The summed E-state index contributed by atoms with van der Waals surface area (Å²) >= 11 is 0. The Balaban J connectivity index is 2.22. The molecule has 1 aromatic heterocycles. The van der Waals surface area contributed by atoms with Crippen LogP contribution in [0.15, 0.2) is 36.7 Å². The van der Waals surface area contributed by atoms with E-state index in [0.29, 0.717) is 11.3 Å². The lowest BCUT2D eigenvalue weighted by Crippen LogP contribution is -2.25. The smallest absolute Gasteiger partial charge is 0.261 e. The van der Waals surface area contributed by atoms with Crippen molar-refractivity contribution in [2.75, 3.05) is 11.9 Å². The molecule has 0 fully saturated rings. The number of rotatable bonds is 2. The minimum atomic E-state index is -0.153. The molecule has 0 aliphatic carbocycles. The van der Waals surface area contributed by atoms with Crippen LogP contribution in [0.1, 0.15) is 10.4 Å². The van der Waals surface area contributed by atoms with E-state index in [2.05, 4.69) is 10.2 Å². The van der Waals surface area contributed by atoms with Crippen molar-refractivity contribution < 1.29 is 9.90 Å². The van der Waals surface area contributed by atoms with Crippen molar-refractivity contribution in [1.29, 1.82) is 0 Å². The number of phenolic OH excluding ortho intramolecular Hbond substituents is 1. The maximum Gasteiger partial charge on any atom is 0.261 e. The number of H-pyrrole nitrogens is 1. The van der Waals surface area contributed by atoms with Gasteiger partial charge in [-0.2, -0.15) is 5.10 Å². The number of phenols is 1. The molecule has 0 unspecified atom stereocenters. The number of nitrogens with one attached hydrogen (secondary N) is 1. The third-order valence-electron chi connectivity index (χ3n) is 2.29. The molecule has 1 heterocycles. The van der Waals surface area contributed by atoms with Crippen molar-refractivity contribution in [3.8, 4) is 5.75 Å². The molecule has 5 heteroatoms. The van der Waals surface area contributed by atoms with Crippen molar-refractivity contribution in [2.45, 2.75) is 0 Å². The van der Waals surface area contributed by atoms with E-state index >= 15 is 0 Å². The molecule has 1 aromatic carbocycles. The SMILES string of the molecule is CN(C(=O)c1cn[nH]c1)c1ccc(O)cc1. The number of aromatic amines is 1. The van der Waals surface area contributed by atoms with Crippen LogP contribution in [-0.4, -0.2) is 28.3 Å². The van der Waals surface area contributed by atoms with Gasteiger partial charge in [0.25, 0.3) is 5.91 Å². The first-order valence-corrected chi connectivity index (χ1v) is 4.74. The average Bonchev–Trinajstić information content (AvgIpc) is 2.81. The second-order valence-electron chi connectivity index (χ2n) is 3.37. The fraction of sp³-hybridized carbons (Fsp3) is 0.0909. The van der Waals surface area contributed by atoms with Crippen molar-refractivity contribution >= 4 is 11.6 Å². The number of aromatic hydroxyl groups is 1. The van der Waals surface area contributed by atoms with Gasteiger partial charge in [0, 0.05) is 18.9 Å². The predicted octanol–water partition coefficient (Wildman–Crippen LogP) is 1.39. The summed E-state index contributed by atoms with van der Waals surface area (Å²) in [6.07, 6.45) is 3.01.